The number of nitrogens with zero attached hydrogens (tertiary/aromatic N) is 1. The highest BCUT2D eigenvalue weighted by molar-refractivity contribution is 6.30. The summed E-state index contributed by atoms with van der Waals surface area (Å²) >= 11 is 5.82. The highest BCUT2D eigenvalue weighted by Gasteiger charge is 2.08. The first kappa shape index (κ1) is 16.3. The molecule has 1 amide bonds. The van der Waals surface area contributed by atoms with Gasteiger partial charge in [0, 0.05) is 29.1 Å². The Bertz CT molecular complexity index is 626. The van der Waals surface area contributed by atoms with Gasteiger partial charge in [-0.25, -0.2) is 0 Å². The van der Waals surface area contributed by atoms with Gasteiger partial charge in [0.2, 0.25) is 0 Å². The molecule has 1 heterocycles. The van der Waals surface area contributed by atoms with Gasteiger partial charge in [-0.2, -0.15) is 0 Å². The Morgan fingerprint density at radius 1 is 1.18 bits per heavy atom. The number of pyridine rings is 1. The van der Waals surface area contributed by atoms with Gasteiger partial charge in [0.05, 0.1) is 0 Å². The molecule has 0 fully saturated rings. The third-order valence-corrected chi connectivity index (χ3v) is 3.40. The monoisotopic (exact) mass is 317 g/mol. The first-order valence-electron chi connectivity index (χ1n) is 7.31. The summed E-state index contributed by atoms with van der Waals surface area (Å²) < 4.78 is 0. The lowest BCUT2D eigenvalue weighted by molar-refractivity contribution is 0.102. The molecule has 2 aromatic rings. The van der Waals surface area contributed by atoms with Crippen molar-refractivity contribution in [3.05, 3.63) is 53.3 Å². The number of benzene rings is 1. The van der Waals surface area contributed by atoms with Crippen LogP contribution >= 0.6 is 11.6 Å². The van der Waals surface area contributed by atoms with Crippen LogP contribution < -0.4 is 10.6 Å². The second-order valence-electron chi connectivity index (χ2n) is 5.50. The third kappa shape index (κ3) is 5.04. The number of amides is 1. The van der Waals surface area contributed by atoms with E-state index in [1.165, 1.54) is 0 Å². The fraction of sp³-hybridized carbons (Fsp3) is 0.294. The summed E-state index contributed by atoms with van der Waals surface area (Å²) in [5, 5.41) is 6.74. The smallest absolute Gasteiger partial charge is 0.274 e. The third-order valence-electron chi connectivity index (χ3n) is 3.15. The lowest BCUT2D eigenvalue weighted by Crippen LogP contribution is -2.14. The zero-order chi connectivity index (χ0) is 15.9. The minimum Gasteiger partial charge on any atom is -0.385 e. The van der Waals surface area contributed by atoms with Crippen molar-refractivity contribution in [1.29, 1.82) is 0 Å². The molecule has 0 atom stereocenters. The van der Waals surface area contributed by atoms with Crippen molar-refractivity contribution >= 4 is 28.9 Å². The summed E-state index contributed by atoms with van der Waals surface area (Å²) in [7, 11) is 0. The van der Waals surface area contributed by atoms with Crippen LogP contribution in [0.15, 0.2) is 42.6 Å². The van der Waals surface area contributed by atoms with Crippen LogP contribution in [0.3, 0.4) is 0 Å². The molecule has 0 radical (unpaired) electrons. The molecule has 2 rings (SSSR count). The minimum atomic E-state index is -0.241. The van der Waals surface area contributed by atoms with Crippen LogP contribution in [0.4, 0.5) is 11.4 Å². The summed E-state index contributed by atoms with van der Waals surface area (Å²) in [6, 6.07) is 10.6. The Kier molecular flexibility index (Phi) is 5.78. The van der Waals surface area contributed by atoms with Crippen LogP contribution in [0.1, 0.15) is 30.8 Å². The van der Waals surface area contributed by atoms with Crippen molar-refractivity contribution in [2.75, 3.05) is 17.2 Å². The molecule has 1 aromatic carbocycles. The van der Waals surface area contributed by atoms with Crippen molar-refractivity contribution in [2.24, 2.45) is 5.92 Å². The molecule has 0 saturated carbocycles. The molecule has 0 spiro atoms. The van der Waals surface area contributed by atoms with Crippen LogP contribution in [0, 0.1) is 5.92 Å². The van der Waals surface area contributed by atoms with Gasteiger partial charge >= 0.3 is 0 Å². The Hall–Kier alpha value is -2.07. The molecule has 0 saturated heterocycles. The average Bonchev–Trinajstić information content (AvgIpc) is 2.49. The quantitative estimate of drug-likeness (QED) is 0.827. The topological polar surface area (TPSA) is 54.0 Å². The van der Waals surface area contributed by atoms with Crippen molar-refractivity contribution in [2.45, 2.75) is 20.3 Å². The molecule has 2 N–H and O–H groups in total. The zero-order valence-corrected chi connectivity index (χ0v) is 13.5. The molecular weight excluding hydrogens is 298 g/mol. The molecule has 0 aliphatic heterocycles. The number of hydrogen-bond donors (Lipinski definition) is 2. The van der Waals surface area contributed by atoms with Gasteiger partial charge in [0.15, 0.2) is 0 Å². The van der Waals surface area contributed by atoms with E-state index in [0.29, 0.717) is 22.3 Å². The first-order valence-corrected chi connectivity index (χ1v) is 7.69. The van der Waals surface area contributed by atoms with E-state index in [4.69, 9.17) is 11.6 Å². The van der Waals surface area contributed by atoms with Crippen LogP contribution in [-0.4, -0.2) is 17.4 Å². The predicted octanol–water partition coefficient (Wildman–Crippen LogP) is 4.45. The molecule has 22 heavy (non-hydrogen) atoms. The molecule has 0 bridgehead atoms. The molecule has 116 valence electrons. The summed E-state index contributed by atoms with van der Waals surface area (Å²) in [5.74, 6) is 0.400. The van der Waals surface area contributed by atoms with E-state index in [0.717, 1.165) is 18.7 Å². The maximum atomic E-state index is 12.2. The molecule has 1 aromatic heterocycles. The standard InChI is InChI=1S/C17H20ClN3O/c1-12(2)7-9-19-15-8-10-20-16(11-15)17(22)21-14-5-3-13(18)4-6-14/h3-6,8,10-12H,7,9H2,1-2H3,(H,19,20)(H,21,22). The van der Waals surface area contributed by atoms with Gasteiger partial charge in [-0.1, -0.05) is 25.4 Å². The van der Waals surface area contributed by atoms with E-state index in [2.05, 4.69) is 29.5 Å². The van der Waals surface area contributed by atoms with Crippen LogP contribution in [0.5, 0.6) is 0 Å². The summed E-state index contributed by atoms with van der Waals surface area (Å²) in [5.41, 5.74) is 1.97. The highest BCUT2D eigenvalue weighted by Crippen LogP contribution is 2.15. The SMILES string of the molecule is CC(C)CCNc1ccnc(C(=O)Nc2ccc(Cl)cc2)c1. The minimum absolute atomic E-state index is 0.241. The summed E-state index contributed by atoms with van der Waals surface area (Å²) in [6.45, 7) is 5.23. The predicted molar refractivity (Wildman–Crippen MR) is 91.6 cm³/mol. The first-order chi connectivity index (χ1) is 10.5. The summed E-state index contributed by atoms with van der Waals surface area (Å²) in [6.07, 6.45) is 2.71. The van der Waals surface area contributed by atoms with Crippen molar-refractivity contribution in [1.82, 2.24) is 4.98 Å². The number of anilines is 2. The fourth-order valence-electron chi connectivity index (χ4n) is 1.90. The van der Waals surface area contributed by atoms with E-state index in [1.807, 2.05) is 6.07 Å². The highest BCUT2D eigenvalue weighted by atomic mass is 35.5. The maximum absolute atomic E-state index is 12.2. The van der Waals surface area contributed by atoms with E-state index in [9.17, 15) is 4.79 Å². The van der Waals surface area contributed by atoms with Crippen molar-refractivity contribution in [3.63, 3.8) is 0 Å². The van der Waals surface area contributed by atoms with E-state index < -0.39 is 0 Å². The van der Waals surface area contributed by atoms with Gasteiger partial charge in [-0.15, -0.1) is 0 Å². The zero-order valence-electron chi connectivity index (χ0n) is 12.8. The Labute approximate surface area is 135 Å². The second kappa shape index (κ2) is 7.80. The van der Waals surface area contributed by atoms with E-state index in [1.54, 1.807) is 36.5 Å². The Balaban J connectivity index is 1.99. The van der Waals surface area contributed by atoms with Gasteiger partial charge in [0.1, 0.15) is 5.69 Å². The summed E-state index contributed by atoms with van der Waals surface area (Å²) in [4.78, 5) is 16.3. The number of rotatable bonds is 6. The molecule has 0 aliphatic rings. The lowest BCUT2D eigenvalue weighted by atomic mass is 10.1. The number of aromatic nitrogens is 1. The van der Waals surface area contributed by atoms with Crippen LogP contribution in [0.25, 0.3) is 0 Å². The van der Waals surface area contributed by atoms with Gasteiger partial charge in [-0.3, -0.25) is 9.78 Å². The van der Waals surface area contributed by atoms with Crippen LogP contribution in [0.2, 0.25) is 5.02 Å². The molecule has 4 nitrogen and oxygen atoms in total. The largest absolute Gasteiger partial charge is 0.385 e. The average molecular weight is 318 g/mol. The molecular formula is C17H20ClN3O. The Morgan fingerprint density at radius 3 is 2.59 bits per heavy atom. The second-order valence-corrected chi connectivity index (χ2v) is 5.94. The van der Waals surface area contributed by atoms with Crippen molar-refractivity contribution < 1.29 is 4.79 Å². The van der Waals surface area contributed by atoms with Gasteiger partial charge < -0.3 is 10.6 Å². The number of hydrogen-bond acceptors (Lipinski definition) is 3. The molecule has 0 unspecified atom stereocenters. The lowest BCUT2D eigenvalue weighted by Gasteiger charge is -2.09. The van der Waals surface area contributed by atoms with Crippen LogP contribution in [-0.2, 0) is 0 Å². The number of carbonyl (C=O) groups is 1. The van der Waals surface area contributed by atoms with Crippen molar-refractivity contribution in [3.8, 4) is 0 Å². The molecule has 5 heteroatoms. The number of halogens is 1. The number of carbonyl (C=O) groups excluding carboxylic acids is 1. The van der Waals surface area contributed by atoms with Gasteiger partial charge in [0.25, 0.3) is 5.91 Å². The maximum Gasteiger partial charge on any atom is 0.274 e. The Morgan fingerprint density at radius 2 is 1.91 bits per heavy atom. The normalized spacial score (nSPS) is 10.5. The van der Waals surface area contributed by atoms with Gasteiger partial charge in [-0.05, 0) is 48.7 Å². The fourth-order valence-corrected chi connectivity index (χ4v) is 2.02. The van der Waals surface area contributed by atoms with E-state index in [-0.39, 0.29) is 5.91 Å². The van der Waals surface area contributed by atoms with E-state index >= 15 is 0 Å². The molecule has 0 aliphatic carbocycles. The number of nitrogens with one attached hydrogen (secondary N) is 2.